The maximum absolute atomic E-state index is 10.1. The highest BCUT2D eigenvalue weighted by Gasteiger charge is 2.30. The maximum atomic E-state index is 10.1. The van der Waals surface area contributed by atoms with E-state index in [4.69, 9.17) is 9.47 Å². The molecule has 1 saturated heterocycles. The molecule has 0 aliphatic carbocycles. The third-order valence-electron chi connectivity index (χ3n) is 5.06. The first-order chi connectivity index (χ1) is 13.6. The van der Waals surface area contributed by atoms with Gasteiger partial charge in [-0.25, -0.2) is 0 Å². The van der Waals surface area contributed by atoms with Crippen LogP contribution < -0.4 is 4.74 Å². The zero-order valence-corrected chi connectivity index (χ0v) is 17.0. The number of aromatic nitrogens is 2. The molecule has 1 aliphatic rings. The van der Waals surface area contributed by atoms with Gasteiger partial charge in [0.1, 0.15) is 5.75 Å². The summed E-state index contributed by atoms with van der Waals surface area (Å²) < 4.78 is 12.0. The molecule has 150 valence electrons. The van der Waals surface area contributed by atoms with Crippen LogP contribution in [-0.2, 0) is 17.6 Å². The summed E-state index contributed by atoms with van der Waals surface area (Å²) in [5.74, 6) is 0.696. The monoisotopic (exact) mass is 402 g/mol. The first-order valence-corrected chi connectivity index (χ1v) is 10.5. The Morgan fingerprint density at radius 2 is 2.11 bits per heavy atom. The van der Waals surface area contributed by atoms with Gasteiger partial charge in [-0.2, -0.15) is 5.10 Å². The number of aryl methyl sites for hydroxylation is 2. The summed E-state index contributed by atoms with van der Waals surface area (Å²) in [4.78, 5) is 2.64. The van der Waals surface area contributed by atoms with Crippen LogP contribution in [0.4, 0.5) is 0 Å². The number of aliphatic hydroxyl groups is 2. The van der Waals surface area contributed by atoms with Gasteiger partial charge in [0.2, 0.25) is 6.29 Å². The van der Waals surface area contributed by atoms with Gasteiger partial charge in [0.25, 0.3) is 0 Å². The van der Waals surface area contributed by atoms with Gasteiger partial charge in [-0.05, 0) is 43.2 Å². The van der Waals surface area contributed by atoms with Crippen molar-refractivity contribution in [2.45, 2.75) is 58.0 Å². The van der Waals surface area contributed by atoms with E-state index in [1.165, 1.54) is 9.75 Å². The van der Waals surface area contributed by atoms with Crippen LogP contribution in [0.15, 0.2) is 24.3 Å². The molecular weight excluding hydrogens is 376 g/mol. The van der Waals surface area contributed by atoms with Gasteiger partial charge in [0.15, 0.2) is 0 Å². The van der Waals surface area contributed by atoms with E-state index in [0.29, 0.717) is 18.6 Å². The zero-order chi connectivity index (χ0) is 19.7. The molecule has 0 spiro atoms. The number of hydrogen-bond acceptors (Lipinski definition) is 6. The average molecular weight is 403 g/mol. The van der Waals surface area contributed by atoms with E-state index in [1.807, 2.05) is 30.4 Å². The van der Waals surface area contributed by atoms with Crippen LogP contribution >= 0.6 is 11.3 Å². The van der Waals surface area contributed by atoms with Crippen molar-refractivity contribution in [1.82, 2.24) is 10.2 Å². The van der Waals surface area contributed by atoms with E-state index in [2.05, 4.69) is 29.3 Å². The first kappa shape index (κ1) is 19.4. The topological polar surface area (TPSA) is 87.6 Å². The minimum Gasteiger partial charge on any atom is -0.464 e. The van der Waals surface area contributed by atoms with Gasteiger partial charge in [-0.15, -0.1) is 11.3 Å². The third kappa shape index (κ3) is 4.07. The number of hydrogen-bond donors (Lipinski definition) is 3. The molecule has 1 aliphatic heterocycles. The van der Waals surface area contributed by atoms with Gasteiger partial charge in [0.05, 0.1) is 35.4 Å². The summed E-state index contributed by atoms with van der Waals surface area (Å²) in [6, 6.07) is 8.34. The zero-order valence-electron chi connectivity index (χ0n) is 16.1. The fourth-order valence-electron chi connectivity index (χ4n) is 3.69. The van der Waals surface area contributed by atoms with Crippen LogP contribution in [-0.4, -0.2) is 45.5 Å². The van der Waals surface area contributed by atoms with E-state index < -0.39 is 18.5 Å². The number of fused-ring (bicyclic) bond motifs is 1. The minimum atomic E-state index is -0.595. The molecule has 3 unspecified atom stereocenters. The Bertz CT molecular complexity index is 951. The largest absolute Gasteiger partial charge is 0.464 e. The smallest absolute Gasteiger partial charge is 0.202 e. The predicted molar refractivity (Wildman–Crippen MR) is 109 cm³/mol. The summed E-state index contributed by atoms with van der Waals surface area (Å²) in [5, 5.41) is 28.1. The van der Waals surface area contributed by atoms with Crippen LogP contribution in [0, 0.1) is 6.92 Å². The summed E-state index contributed by atoms with van der Waals surface area (Å²) >= 11 is 1.81. The molecule has 3 heterocycles. The Labute approximate surface area is 168 Å². The number of nitrogens with one attached hydrogen (secondary N) is 1. The maximum Gasteiger partial charge on any atom is 0.202 e. The standard InChI is InChI=1S/C21H26N2O4S/c1-3-15-4-5-16(28-15)10-18-21-17(22-23-18)6-12(2)7-19(21)27-20-9-13(25)8-14(11-24)26-20/h4-7,13-14,20,24-25H,3,8-11H2,1-2H3,(H,22,23). The molecule has 7 heteroatoms. The second-order valence-corrected chi connectivity index (χ2v) is 8.62. The quantitative estimate of drug-likeness (QED) is 0.589. The van der Waals surface area contributed by atoms with Gasteiger partial charge in [-0.1, -0.05) is 6.92 Å². The SMILES string of the molecule is CCc1ccc(Cc2[nH]nc3cc(C)cc(OC4CC(O)CC(CO)O4)c23)s1. The van der Waals surface area contributed by atoms with Crippen LogP contribution in [0.3, 0.4) is 0 Å². The fraction of sp³-hybridized carbons (Fsp3) is 0.476. The molecule has 6 nitrogen and oxygen atoms in total. The summed E-state index contributed by atoms with van der Waals surface area (Å²) in [7, 11) is 0. The van der Waals surface area contributed by atoms with Gasteiger partial charge >= 0.3 is 0 Å². The van der Waals surface area contributed by atoms with Crippen LogP contribution in [0.25, 0.3) is 10.9 Å². The molecule has 3 atom stereocenters. The predicted octanol–water partition coefficient (Wildman–Crippen LogP) is 3.32. The van der Waals surface area contributed by atoms with Crippen LogP contribution in [0.2, 0.25) is 0 Å². The second kappa shape index (κ2) is 8.21. The van der Waals surface area contributed by atoms with Crippen LogP contribution in [0.5, 0.6) is 5.75 Å². The van der Waals surface area contributed by atoms with Gasteiger partial charge in [-0.3, -0.25) is 5.10 Å². The first-order valence-electron chi connectivity index (χ1n) is 9.72. The van der Waals surface area contributed by atoms with Crippen molar-refractivity contribution in [3.8, 4) is 5.75 Å². The fourth-order valence-corrected chi connectivity index (χ4v) is 4.66. The number of rotatable bonds is 6. The minimum absolute atomic E-state index is 0.130. The highest BCUT2D eigenvalue weighted by atomic mass is 32.1. The highest BCUT2D eigenvalue weighted by Crippen LogP contribution is 2.34. The van der Waals surface area contributed by atoms with E-state index >= 15 is 0 Å². The Morgan fingerprint density at radius 1 is 1.29 bits per heavy atom. The van der Waals surface area contributed by atoms with E-state index in [9.17, 15) is 10.2 Å². The molecule has 1 aromatic carbocycles. The lowest BCUT2D eigenvalue weighted by molar-refractivity contribution is -0.184. The molecule has 0 bridgehead atoms. The Balaban J connectivity index is 1.64. The van der Waals surface area contributed by atoms with Crippen molar-refractivity contribution in [2.75, 3.05) is 6.61 Å². The molecule has 1 fully saturated rings. The average Bonchev–Trinajstić information content (AvgIpc) is 3.28. The number of aliphatic hydroxyl groups excluding tert-OH is 2. The van der Waals surface area contributed by atoms with Crippen molar-refractivity contribution in [3.63, 3.8) is 0 Å². The van der Waals surface area contributed by atoms with Gasteiger partial charge in [0, 0.05) is 29.0 Å². The highest BCUT2D eigenvalue weighted by molar-refractivity contribution is 7.12. The molecule has 0 saturated carbocycles. The van der Waals surface area contributed by atoms with Gasteiger partial charge < -0.3 is 19.7 Å². The van der Waals surface area contributed by atoms with Crippen molar-refractivity contribution in [2.24, 2.45) is 0 Å². The lowest BCUT2D eigenvalue weighted by atomic mass is 10.1. The molecule has 3 N–H and O–H groups in total. The summed E-state index contributed by atoms with van der Waals surface area (Å²) in [6.45, 7) is 4.03. The molecule has 3 aromatic rings. The molecular formula is C21H26N2O4S. The summed E-state index contributed by atoms with van der Waals surface area (Å²) in [6.07, 6.45) is 1.05. The number of H-pyrrole nitrogens is 1. The Morgan fingerprint density at radius 3 is 2.86 bits per heavy atom. The second-order valence-electron chi connectivity index (χ2n) is 7.37. The lowest BCUT2D eigenvalue weighted by Gasteiger charge is -2.32. The number of nitrogens with zero attached hydrogens (tertiary/aromatic N) is 1. The van der Waals surface area contributed by atoms with E-state index in [0.717, 1.165) is 35.0 Å². The van der Waals surface area contributed by atoms with Crippen molar-refractivity contribution in [1.29, 1.82) is 0 Å². The third-order valence-corrected chi connectivity index (χ3v) is 6.29. The van der Waals surface area contributed by atoms with Crippen molar-refractivity contribution >= 4 is 22.2 Å². The normalized spacial score (nSPS) is 22.6. The lowest BCUT2D eigenvalue weighted by Crippen LogP contribution is -2.40. The molecule has 2 aromatic heterocycles. The Hall–Kier alpha value is -1.93. The van der Waals surface area contributed by atoms with E-state index in [-0.39, 0.29) is 6.61 Å². The number of thiophene rings is 1. The molecule has 0 amide bonds. The summed E-state index contributed by atoms with van der Waals surface area (Å²) in [5.41, 5.74) is 2.90. The number of benzene rings is 1. The van der Waals surface area contributed by atoms with Crippen molar-refractivity contribution < 1.29 is 19.7 Å². The van der Waals surface area contributed by atoms with Crippen LogP contribution in [0.1, 0.15) is 40.8 Å². The van der Waals surface area contributed by atoms with Crippen molar-refractivity contribution in [3.05, 3.63) is 45.3 Å². The Kier molecular flexibility index (Phi) is 5.68. The molecule has 4 rings (SSSR count). The molecule has 28 heavy (non-hydrogen) atoms. The number of aromatic amines is 1. The number of ether oxygens (including phenoxy) is 2. The molecule has 0 radical (unpaired) electrons. The van der Waals surface area contributed by atoms with E-state index in [1.54, 1.807) is 0 Å².